The summed E-state index contributed by atoms with van der Waals surface area (Å²) in [5.41, 5.74) is 0. The van der Waals surface area contributed by atoms with Gasteiger partial charge >= 0.3 is 12.1 Å². The Bertz CT molecular complexity index is 343. The molecule has 0 aromatic rings. The Morgan fingerprint density at radius 3 is 2.47 bits per heavy atom. The quantitative estimate of drug-likeness (QED) is 0.783. The van der Waals surface area contributed by atoms with Crippen molar-refractivity contribution in [2.24, 2.45) is 5.92 Å². The maximum Gasteiger partial charge on any atom is 0.471 e. The van der Waals surface area contributed by atoms with Crippen LogP contribution in [0.4, 0.5) is 13.2 Å². The van der Waals surface area contributed by atoms with Crippen LogP contribution in [0.3, 0.4) is 0 Å². The van der Waals surface area contributed by atoms with E-state index in [4.69, 9.17) is 0 Å². The van der Waals surface area contributed by atoms with Crippen molar-refractivity contribution >= 4 is 11.8 Å². The SMILES string of the molecule is O=C(CNC(=O)C(F)(F)F)N1C[C@H]2CCC1C2. The second-order valence-corrected chi connectivity index (χ2v) is 4.56. The van der Waals surface area contributed by atoms with Gasteiger partial charge in [-0.2, -0.15) is 13.2 Å². The molecule has 96 valence electrons. The van der Waals surface area contributed by atoms with Crippen molar-refractivity contribution in [3.8, 4) is 0 Å². The Balaban J connectivity index is 1.80. The van der Waals surface area contributed by atoms with Crippen molar-refractivity contribution in [1.29, 1.82) is 0 Å². The van der Waals surface area contributed by atoms with E-state index < -0.39 is 24.5 Å². The van der Waals surface area contributed by atoms with Gasteiger partial charge in [-0.15, -0.1) is 0 Å². The standard InChI is InChI=1S/C10H13F3N2O2/c11-10(12,13)9(17)14-4-8(16)15-5-6-1-2-7(15)3-6/h6-7H,1-5H2,(H,14,17)/t6-,7?/m0/s1. The first-order chi connectivity index (χ1) is 7.88. The topological polar surface area (TPSA) is 49.4 Å². The second kappa shape index (κ2) is 4.19. The summed E-state index contributed by atoms with van der Waals surface area (Å²) in [5, 5.41) is 1.60. The molecule has 2 atom stereocenters. The number of nitrogens with one attached hydrogen (secondary N) is 1. The fourth-order valence-corrected chi connectivity index (χ4v) is 2.59. The highest BCUT2D eigenvalue weighted by atomic mass is 19.4. The highest BCUT2D eigenvalue weighted by molar-refractivity contribution is 5.87. The zero-order valence-corrected chi connectivity index (χ0v) is 9.09. The molecule has 1 aliphatic carbocycles. The maximum atomic E-state index is 11.9. The van der Waals surface area contributed by atoms with Gasteiger partial charge in [-0.3, -0.25) is 9.59 Å². The number of halogens is 3. The van der Waals surface area contributed by atoms with Gasteiger partial charge in [-0.1, -0.05) is 0 Å². The molecule has 2 amide bonds. The number of hydrogen-bond acceptors (Lipinski definition) is 2. The molecule has 0 aromatic carbocycles. The fraction of sp³-hybridized carbons (Fsp3) is 0.800. The van der Waals surface area contributed by atoms with E-state index in [1.807, 2.05) is 0 Å². The fourth-order valence-electron chi connectivity index (χ4n) is 2.59. The normalized spacial score (nSPS) is 27.4. The molecule has 1 saturated carbocycles. The van der Waals surface area contributed by atoms with Crippen molar-refractivity contribution in [1.82, 2.24) is 10.2 Å². The third-order valence-corrected chi connectivity index (χ3v) is 3.39. The summed E-state index contributed by atoms with van der Waals surface area (Å²) in [6.07, 6.45) is -1.98. The predicted octanol–water partition coefficient (Wildman–Crippen LogP) is 0.676. The maximum absolute atomic E-state index is 11.9. The lowest BCUT2D eigenvalue weighted by molar-refractivity contribution is -0.174. The van der Waals surface area contributed by atoms with Gasteiger partial charge in [0.25, 0.3) is 0 Å². The molecular formula is C10H13F3N2O2. The summed E-state index contributed by atoms with van der Waals surface area (Å²) in [4.78, 5) is 23.7. The monoisotopic (exact) mass is 250 g/mol. The summed E-state index contributed by atoms with van der Waals surface area (Å²) >= 11 is 0. The van der Waals surface area contributed by atoms with E-state index in [0.29, 0.717) is 12.5 Å². The van der Waals surface area contributed by atoms with Crippen molar-refractivity contribution < 1.29 is 22.8 Å². The van der Waals surface area contributed by atoms with Crippen LogP contribution in [0.5, 0.6) is 0 Å². The van der Waals surface area contributed by atoms with Gasteiger partial charge in [0.05, 0.1) is 6.54 Å². The van der Waals surface area contributed by atoms with E-state index in [9.17, 15) is 22.8 Å². The highest BCUT2D eigenvalue weighted by Gasteiger charge is 2.42. The number of carbonyl (C=O) groups excluding carboxylic acids is 2. The average Bonchev–Trinajstić information content (AvgIpc) is 2.85. The van der Waals surface area contributed by atoms with Crippen LogP contribution >= 0.6 is 0 Å². The Labute approximate surface area is 96.1 Å². The number of rotatable bonds is 2. The van der Waals surface area contributed by atoms with E-state index in [-0.39, 0.29) is 6.04 Å². The first-order valence-electron chi connectivity index (χ1n) is 5.52. The number of carbonyl (C=O) groups is 2. The van der Waals surface area contributed by atoms with Crippen LogP contribution in [0.2, 0.25) is 0 Å². The lowest BCUT2D eigenvalue weighted by atomic mass is 10.1. The Hall–Kier alpha value is -1.27. The summed E-state index contributed by atoms with van der Waals surface area (Å²) in [5.74, 6) is -1.99. The molecule has 7 heteroatoms. The summed E-state index contributed by atoms with van der Waals surface area (Å²) in [7, 11) is 0. The van der Waals surface area contributed by atoms with Crippen molar-refractivity contribution in [3.05, 3.63) is 0 Å². The van der Waals surface area contributed by atoms with E-state index >= 15 is 0 Å². The van der Waals surface area contributed by atoms with Crippen LogP contribution in [0.1, 0.15) is 19.3 Å². The summed E-state index contributed by atoms with van der Waals surface area (Å²) in [6, 6.07) is 0.162. The van der Waals surface area contributed by atoms with Crippen LogP contribution in [-0.4, -0.2) is 42.0 Å². The number of fused-ring (bicyclic) bond motifs is 2. The highest BCUT2D eigenvalue weighted by Crippen LogP contribution is 2.37. The number of nitrogens with zero attached hydrogens (tertiary/aromatic N) is 1. The van der Waals surface area contributed by atoms with Crippen LogP contribution in [0, 0.1) is 5.92 Å². The molecule has 0 radical (unpaired) electrons. The third-order valence-electron chi connectivity index (χ3n) is 3.39. The minimum Gasteiger partial charge on any atom is -0.339 e. The Morgan fingerprint density at radius 1 is 1.29 bits per heavy atom. The zero-order chi connectivity index (χ0) is 12.6. The number of amides is 2. The number of hydrogen-bond donors (Lipinski definition) is 1. The van der Waals surface area contributed by atoms with E-state index in [1.54, 1.807) is 10.2 Å². The van der Waals surface area contributed by atoms with Gasteiger partial charge in [-0.05, 0) is 25.2 Å². The summed E-state index contributed by atoms with van der Waals surface area (Å²) < 4.78 is 35.7. The third kappa shape index (κ3) is 2.53. The molecule has 4 nitrogen and oxygen atoms in total. The summed E-state index contributed by atoms with van der Waals surface area (Å²) in [6.45, 7) is 0.0486. The van der Waals surface area contributed by atoms with Crippen molar-refractivity contribution in [2.45, 2.75) is 31.5 Å². The van der Waals surface area contributed by atoms with Crippen LogP contribution in [-0.2, 0) is 9.59 Å². The van der Waals surface area contributed by atoms with Crippen molar-refractivity contribution in [2.75, 3.05) is 13.1 Å². The zero-order valence-electron chi connectivity index (χ0n) is 9.09. The molecule has 17 heavy (non-hydrogen) atoms. The average molecular weight is 250 g/mol. The van der Waals surface area contributed by atoms with E-state index in [0.717, 1.165) is 19.3 Å². The molecular weight excluding hydrogens is 237 g/mol. The number of piperidine rings is 1. The predicted molar refractivity (Wildman–Crippen MR) is 51.9 cm³/mol. The lowest BCUT2D eigenvalue weighted by Gasteiger charge is -2.27. The minimum absolute atomic E-state index is 0.162. The first kappa shape index (κ1) is 12.2. The number of alkyl halides is 3. The molecule has 2 rings (SSSR count). The lowest BCUT2D eigenvalue weighted by Crippen LogP contribution is -2.46. The molecule has 0 aromatic heterocycles. The Morgan fingerprint density at radius 2 is 2.00 bits per heavy atom. The first-order valence-corrected chi connectivity index (χ1v) is 5.52. The second-order valence-electron chi connectivity index (χ2n) is 4.56. The van der Waals surface area contributed by atoms with Gasteiger partial charge in [0.15, 0.2) is 0 Å². The molecule has 1 heterocycles. The van der Waals surface area contributed by atoms with Gasteiger partial charge in [0, 0.05) is 12.6 Å². The molecule has 1 aliphatic heterocycles. The largest absolute Gasteiger partial charge is 0.471 e. The van der Waals surface area contributed by atoms with Crippen LogP contribution in [0.25, 0.3) is 0 Å². The van der Waals surface area contributed by atoms with Gasteiger partial charge < -0.3 is 10.2 Å². The molecule has 2 bridgehead atoms. The minimum atomic E-state index is -4.93. The number of likely N-dealkylation sites (tertiary alicyclic amines) is 1. The van der Waals surface area contributed by atoms with E-state index in [2.05, 4.69) is 0 Å². The van der Waals surface area contributed by atoms with Crippen molar-refractivity contribution in [3.63, 3.8) is 0 Å². The molecule has 2 fully saturated rings. The van der Waals surface area contributed by atoms with Crippen LogP contribution in [0.15, 0.2) is 0 Å². The molecule has 2 aliphatic rings. The van der Waals surface area contributed by atoms with Gasteiger partial charge in [-0.25, -0.2) is 0 Å². The van der Waals surface area contributed by atoms with Gasteiger partial charge in [0.2, 0.25) is 5.91 Å². The van der Waals surface area contributed by atoms with Gasteiger partial charge in [0.1, 0.15) is 0 Å². The molecule has 1 N–H and O–H groups in total. The molecule has 0 spiro atoms. The Kier molecular flexibility index (Phi) is 3.01. The van der Waals surface area contributed by atoms with Crippen LogP contribution < -0.4 is 5.32 Å². The smallest absolute Gasteiger partial charge is 0.339 e. The molecule has 1 unspecified atom stereocenters. The molecule has 1 saturated heterocycles. The van der Waals surface area contributed by atoms with E-state index in [1.165, 1.54) is 0 Å².